The highest BCUT2D eigenvalue weighted by molar-refractivity contribution is 5.98. The van der Waals surface area contributed by atoms with Crippen molar-refractivity contribution >= 4 is 5.78 Å². The third kappa shape index (κ3) is 2.87. The summed E-state index contributed by atoms with van der Waals surface area (Å²) < 4.78 is 34.0. The fraction of sp³-hybridized carbons (Fsp3) is 0.200. The predicted molar refractivity (Wildman–Crippen MR) is 91.9 cm³/mol. The number of nitrogens with zero attached hydrogens (tertiary/aromatic N) is 2. The lowest BCUT2D eigenvalue weighted by atomic mass is 9.82. The molecule has 132 valence electrons. The Bertz CT molecular complexity index is 960. The summed E-state index contributed by atoms with van der Waals surface area (Å²) in [5.41, 5.74) is 2.60. The van der Waals surface area contributed by atoms with E-state index in [1.54, 1.807) is 18.0 Å². The molecule has 0 unspecified atom stereocenters. The van der Waals surface area contributed by atoms with Gasteiger partial charge in [-0.3, -0.25) is 4.79 Å². The molecular formula is C20H16F2N2O2. The third-order valence-electron chi connectivity index (χ3n) is 4.71. The van der Waals surface area contributed by atoms with Gasteiger partial charge in [0, 0.05) is 12.5 Å². The second-order valence-corrected chi connectivity index (χ2v) is 6.35. The minimum absolute atomic E-state index is 0.0688. The number of benzene rings is 2. The van der Waals surface area contributed by atoms with Gasteiger partial charge in [-0.05, 0) is 54.3 Å². The van der Waals surface area contributed by atoms with Crippen LogP contribution >= 0.6 is 0 Å². The van der Waals surface area contributed by atoms with Crippen LogP contribution in [0.1, 0.15) is 34.0 Å². The average molecular weight is 354 g/mol. The number of Topliss-reactive ketones (excluding diaryl/α,β-unsaturated/α-hetero) is 1. The summed E-state index contributed by atoms with van der Waals surface area (Å²) in [5.74, 6) is -0.905. The number of aromatic nitrogens is 2. The zero-order valence-corrected chi connectivity index (χ0v) is 14.1. The predicted octanol–water partition coefficient (Wildman–Crippen LogP) is 4.07. The first kappa shape index (κ1) is 16.4. The minimum atomic E-state index is -0.637. The molecule has 26 heavy (non-hydrogen) atoms. The molecule has 0 saturated carbocycles. The van der Waals surface area contributed by atoms with Gasteiger partial charge in [-0.15, -0.1) is 0 Å². The van der Waals surface area contributed by atoms with Gasteiger partial charge in [-0.25, -0.2) is 13.5 Å². The number of methoxy groups -OCH3 is 1. The van der Waals surface area contributed by atoms with Crippen molar-refractivity contribution in [2.75, 3.05) is 7.11 Å². The van der Waals surface area contributed by atoms with Gasteiger partial charge in [0.1, 0.15) is 17.4 Å². The summed E-state index contributed by atoms with van der Waals surface area (Å²) in [5, 5.41) is 4.34. The first-order valence-electron chi connectivity index (χ1n) is 8.25. The maximum atomic E-state index is 13.6. The van der Waals surface area contributed by atoms with Crippen molar-refractivity contribution in [2.45, 2.75) is 18.8 Å². The molecule has 1 aliphatic rings. The van der Waals surface area contributed by atoms with Crippen LogP contribution in [0, 0.1) is 11.6 Å². The van der Waals surface area contributed by atoms with Crippen LogP contribution in [0.3, 0.4) is 0 Å². The Labute approximate surface area is 149 Å². The molecule has 1 atom stereocenters. The second-order valence-electron chi connectivity index (χ2n) is 6.35. The molecular weight excluding hydrogens is 338 g/mol. The highest BCUT2D eigenvalue weighted by Gasteiger charge is 2.30. The van der Waals surface area contributed by atoms with Gasteiger partial charge in [0.15, 0.2) is 5.78 Å². The third-order valence-corrected chi connectivity index (χ3v) is 4.71. The number of rotatable bonds is 3. The van der Waals surface area contributed by atoms with Gasteiger partial charge in [0.2, 0.25) is 0 Å². The van der Waals surface area contributed by atoms with E-state index < -0.39 is 11.6 Å². The summed E-state index contributed by atoms with van der Waals surface area (Å²) in [4.78, 5) is 12.5. The maximum Gasteiger partial charge on any atom is 0.166 e. The molecule has 4 rings (SSSR count). The van der Waals surface area contributed by atoms with Crippen molar-refractivity contribution in [3.05, 3.63) is 77.1 Å². The summed E-state index contributed by atoms with van der Waals surface area (Å²) in [6, 6.07) is 10.7. The molecule has 0 bridgehead atoms. The maximum absolute atomic E-state index is 13.6. The number of hydrogen-bond acceptors (Lipinski definition) is 3. The lowest BCUT2D eigenvalue weighted by Crippen LogP contribution is -2.20. The Hall–Kier alpha value is -3.02. The molecule has 0 spiro atoms. The van der Waals surface area contributed by atoms with Crippen molar-refractivity contribution in [1.29, 1.82) is 0 Å². The summed E-state index contributed by atoms with van der Waals surface area (Å²) in [7, 11) is 1.59. The largest absolute Gasteiger partial charge is 0.497 e. The summed E-state index contributed by atoms with van der Waals surface area (Å²) >= 11 is 0. The molecule has 0 aliphatic heterocycles. The normalized spacial score (nSPS) is 16.4. The Kier molecular flexibility index (Phi) is 4.03. The van der Waals surface area contributed by atoms with Crippen LogP contribution in [-0.4, -0.2) is 22.7 Å². The number of hydrogen-bond donors (Lipinski definition) is 0. The van der Waals surface area contributed by atoms with E-state index in [9.17, 15) is 13.6 Å². The second kappa shape index (κ2) is 6.37. The van der Waals surface area contributed by atoms with Gasteiger partial charge >= 0.3 is 0 Å². The van der Waals surface area contributed by atoms with Crippen LogP contribution in [0.4, 0.5) is 8.78 Å². The zero-order valence-electron chi connectivity index (χ0n) is 14.1. The van der Waals surface area contributed by atoms with E-state index in [-0.39, 0.29) is 18.1 Å². The van der Waals surface area contributed by atoms with Crippen molar-refractivity contribution in [1.82, 2.24) is 9.78 Å². The van der Waals surface area contributed by atoms with Gasteiger partial charge in [-0.2, -0.15) is 5.10 Å². The number of ketones is 1. The van der Waals surface area contributed by atoms with E-state index in [2.05, 4.69) is 5.10 Å². The molecule has 0 fully saturated rings. The van der Waals surface area contributed by atoms with Crippen LogP contribution in [0.5, 0.6) is 5.75 Å². The van der Waals surface area contributed by atoms with Crippen LogP contribution in [-0.2, 0) is 6.42 Å². The minimum Gasteiger partial charge on any atom is -0.497 e. The van der Waals surface area contributed by atoms with Crippen molar-refractivity contribution in [3.8, 4) is 11.4 Å². The quantitative estimate of drug-likeness (QED) is 0.712. The summed E-state index contributed by atoms with van der Waals surface area (Å²) in [6.07, 6.45) is 2.25. The standard InChI is InChI=1S/C20H16F2N2O2/c1-26-17-4-2-16(3-5-17)24-19-8-13(9-20(25)18(19)11-23-24)12-6-14(21)10-15(22)7-12/h2-7,10-11,13H,8-9H2,1H3/t13-/m1/s1. The van der Waals surface area contributed by atoms with Gasteiger partial charge in [-0.1, -0.05) is 0 Å². The molecule has 0 amide bonds. The lowest BCUT2D eigenvalue weighted by molar-refractivity contribution is 0.0963. The zero-order chi connectivity index (χ0) is 18.3. The van der Waals surface area contributed by atoms with Crippen molar-refractivity contribution in [3.63, 3.8) is 0 Å². The van der Waals surface area contributed by atoms with E-state index in [0.29, 0.717) is 17.5 Å². The van der Waals surface area contributed by atoms with E-state index in [1.807, 2.05) is 24.3 Å². The van der Waals surface area contributed by atoms with Crippen LogP contribution in [0.15, 0.2) is 48.7 Å². The number of halogens is 2. The number of ether oxygens (including phenoxy) is 1. The van der Waals surface area contributed by atoms with Crippen LogP contribution in [0.25, 0.3) is 5.69 Å². The molecule has 6 heteroatoms. The molecule has 4 nitrogen and oxygen atoms in total. The molecule has 1 aliphatic carbocycles. The Morgan fingerprint density at radius 3 is 2.42 bits per heavy atom. The number of carbonyl (C=O) groups is 1. The van der Waals surface area contributed by atoms with Crippen LogP contribution in [0.2, 0.25) is 0 Å². The Morgan fingerprint density at radius 1 is 1.08 bits per heavy atom. The van der Waals surface area contributed by atoms with Crippen LogP contribution < -0.4 is 4.74 Å². The molecule has 0 saturated heterocycles. The van der Waals surface area contributed by atoms with E-state index >= 15 is 0 Å². The molecule has 0 radical (unpaired) electrons. The highest BCUT2D eigenvalue weighted by atomic mass is 19.1. The first-order chi connectivity index (χ1) is 12.5. The fourth-order valence-electron chi connectivity index (χ4n) is 3.43. The van der Waals surface area contributed by atoms with E-state index in [1.165, 1.54) is 12.1 Å². The topological polar surface area (TPSA) is 44.1 Å². The SMILES string of the molecule is COc1ccc(-n2ncc3c2C[C@@H](c2cc(F)cc(F)c2)CC3=O)cc1. The molecule has 2 aromatic carbocycles. The number of fused-ring (bicyclic) bond motifs is 1. The monoisotopic (exact) mass is 354 g/mol. The van der Waals surface area contributed by atoms with Crippen molar-refractivity contribution < 1.29 is 18.3 Å². The molecule has 0 N–H and O–H groups in total. The van der Waals surface area contributed by atoms with Gasteiger partial charge in [0.25, 0.3) is 0 Å². The van der Waals surface area contributed by atoms with Gasteiger partial charge in [0.05, 0.1) is 30.3 Å². The van der Waals surface area contributed by atoms with Crippen molar-refractivity contribution in [2.24, 2.45) is 0 Å². The number of carbonyl (C=O) groups excluding carboxylic acids is 1. The van der Waals surface area contributed by atoms with E-state index in [0.717, 1.165) is 23.2 Å². The average Bonchev–Trinajstić information content (AvgIpc) is 3.05. The first-order valence-corrected chi connectivity index (χ1v) is 8.25. The Morgan fingerprint density at radius 2 is 1.77 bits per heavy atom. The Balaban J connectivity index is 1.73. The van der Waals surface area contributed by atoms with E-state index in [4.69, 9.17) is 4.74 Å². The summed E-state index contributed by atoms with van der Waals surface area (Å²) in [6.45, 7) is 0. The molecule has 3 aromatic rings. The van der Waals surface area contributed by atoms with Gasteiger partial charge < -0.3 is 4.74 Å². The smallest absolute Gasteiger partial charge is 0.166 e. The lowest BCUT2D eigenvalue weighted by Gasteiger charge is -2.23. The highest BCUT2D eigenvalue weighted by Crippen LogP contribution is 2.34. The molecule has 1 heterocycles. The molecule has 1 aromatic heterocycles. The fourth-order valence-corrected chi connectivity index (χ4v) is 3.43.